The van der Waals surface area contributed by atoms with E-state index in [1.807, 2.05) is 30.3 Å². The van der Waals surface area contributed by atoms with Gasteiger partial charge in [0.1, 0.15) is 6.61 Å². The highest BCUT2D eigenvalue weighted by atomic mass is 16.5. The lowest BCUT2D eigenvalue weighted by molar-refractivity contribution is -0.140. The number of methoxy groups -OCH3 is 1. The first-order valence-electron chi connectivity index (χ1n) is 9.58. The maximum absolute atomic E-state index is 12.1. The molecule has 1 aromatic carbocycles. The first-order valence-corrected chi connectivity index (χ1v) is 9.58. The Labute approximate surface area is 169 Å². The maximum atomic E-state index is 12.1. The van der Waals surface area contributed by atoms with Crippen LogP contribution in [-0.4, -0.2) is 50.1 Å². The number of alkyl carbamates (subject to hydrolysis) is 1. The third-order valence-electron chi connectivity index (χ3n) is 4.65. The molecule has 29 heavy (non-hydrogen) atoms. The summed E-state index contributed by atoms with van der Waals surface area (Å²) in [5.74, 6) is -1.13. The Hall–Kier alpha value is -3.10. The van der Waals surface area contributed by atoms with Crippen LogP contribution in [0, 0.1) is 5.92 Å². The van der Waals surface area contributed by atoms with Crippen LogP contribution < -0.4 is 16.0 Å². The van der Waals surface area contributed by atoms with Crippen LogP contribution in [0.2, 0.25) is 0 Å². The van der Waals surface area contributed by atoms with Crippen molar-refractivity contribution in [2.75, 3.05) is 20.2 Å². The third kappa shape index (κ3) is 7.81. The van der Waals surface area contributed by atoms with Crippen LogP contribution in [0.25, 0.3) is 0 Å². The van der Waals surface area contributed by atoms with E-state index in [-0.39, 0.29) is 56.3 Å². The lowest BCUT2D eigenvalue weighted by atomic mass is 9.78. The van der Waals surface area contributed by atoms with Crippen molar-refractivity contribution in [3.05, 3.63) is 35.9 Å². The molecule has 0 unspecified atom stereocenters. The fourth-order valence-electron chi connectivity index (χ4n) is 2.84. The van der Waals surface area contributed by atoms with Gasteiger partial charge in [-0.15, -0.1) is 0 Å². The van der Waals surface area contributed by atoms with E-state index < -0.39 is 12.1 Å². The van der Waals surface area contributed by atoms with Crippen molar-refractivity contribution < 1.29 is 28.7 Å². The Morgan fingerprint density at radius 1 is 1.00 bits per heavy atom. The largest absolute Gasteiger partial charge is 0.469 e. The highest BCUT2D eigenvalue weighted by Gasteiger charge is 2.37. The summed E-state index contributed by atoms with van der Waals surface area (Å²) in [5, 5.41) is 8.01. The van der Waals surface area contributed by atoms with Gasteiger partial charge in [0.2, 0.25) is 11.8 Å². The molecule has 1 aliphatic carbocycles. The highest BCUT2D eigenvalue weighted by molar-refractivity contribution is 5.83. The molecule has 2 rings (SSSR count). The molecule has 0 radical (unpaired) electrons. The number of hydrogen-bond acceptors (Lipinski definition) is 6. The zero-order chi connectivity index (χ0) is 21.1. The van der Waals surface area contributed by atoms with Gasteiger partial charge in [0.05, 0.1) is 19.4 Å². The molecule has 0 aromatic heterocycles. The van der Waals surface area contributed by atoms with E-state index in [4.69, 9.17) is 4.74 Å². The SMILES string of the molecule is COC(=O)CCNC(=O)[C@@H]1CC[C@@H]1NC(=O)CCNC(=O)OCc1ccccc1. The van der Waals surface area contributed by atoms with Crippen molar-refractivity contribution in [1.29, 1.82) is 0 Å². The van der Waals surface area contributed by atoms with Gasteiger partial charge in [-0.05, 0) is 18.4 Å². The highest BCUT2D eigenvalue weighted by Crippen LogP contribution is 2.27. The maximum Gasteiger partial charge on any atom is 0.407 e. The van der Waals surface area contributed by atoms with E-state index in [1.54, 1.807) is 0 Å². The molecule has 3 amide bonds. The van der Waals surface area contributed by atoms with E-state index in [9.17, 15) is 19.2 Å². The Kier molecular flexibility index (Phi) is 8.94. The van der Waals surface area contributed by atoms with Gasteiger partial charge >= 0.3 is 12.1 Å². The van der Waals surface area contributed by atoms with Crippen molar-refractivity contribution in [3.63, 3.8) is 0 Å². The second-order valence-electron chi connectivity index (χ2n) is 6.71. The number of carbonyl (C=O) groups is 4. The van der Waals surface area contributed by atoms with E-state index in [1.165, 1.54) is 7.11 Å². The average molecular weight is 405 g/mol. The van der Waals surface area contributed by atoms with Gasteiger partial charge in [-0.2, -0.15) is 0 Å². The second kappa shape index (κ2) is 11.7. The molecule has 0 bridgehead atoms. The molecule has 0 aliphatic heterocycles. The lowest BCUT2D eigenvalue weighted by Crippen LogP contribution is -2.53. The second-order valence-corrected chi connectivity index (χ2v) is 6.71. The van der Waals surface area contributed by atoms with Gasteiger partial charge in [-0.1, -0.05) is 30.3 Å². The third-order valence-corrected chi connectivity index (χ3v) is 4.65. The summed E-state index contributed by atoms with van der Waals surface area (Å²) in [5.41, 5.74) is 0.876. The first-order chi connectivity index (χ1) is 14.0. The van der Waals surface area contributed by atoms with Crippen LogP contribution >= 0.6 is 0 Å². The topological polar surface area (TPSA) is 123 Å². The number of rotatable bonds is 10. The zero-order valence-corrected chi connectivity index (χ0v) is 16.4. The summed E-state index contributed by atoms with van der Waals surface area (Å²) in [7, 11) is 1.29. The lowest BCUT2D eigenvalue weighted by Gasteiger charge is -2.36. The van der Waals surface area contributed by atoms with Crippen molar-refractivity contribution in [1.82, 2.24) is 16.0 Å². The molecule has 9 nitrogen and oxygen atoms in total. The Morgan fingerprint density at radius 2 is 1.72 bits per heavy atom. The number of benzene rings is 1. The van der Waals surface area contributed by atoms with Crippen molar-refractivity contribution in [3.8, 4) is 0 Å². The Morgan fingerprint density at radius 3 is 2.38 bits per heavy atom. The van der Waals surface area contributed by atoms with Gasteiger partial charge in [-0.25, -0.2) is 4.79 Å². The summed E-state index contributed by atoms with van der Waals surface area (Å²) in [6.45, 7) is 0.508. The molecule has 0 spiro atoms. The predicted octanol–water partition coefficient (Wildman–Crippen LogP) is 0.877. The van der Waals surface area contributed by atoms with Gasteiger partial charge in [0.25, 0.3) is 0 Å². The molecule has 1 aromatic rings. The van der Waals surface area contributed by atoms with Crippen LogP contribution in [0.3, 0.4) is 0 Å². The number of hydrogen-bond donors (Lipinski definition) is 3. The summed E-state index contributed by atoms with van der Waals surface area (Å²) >= 11 is 0. The van der Waals surface area contributed by atoms with Crippen LogP contribution in [0.4, 0.5) is 4.79 Å². The predicted molar refractivity (Wildman–Crippen MR) is 104 cm³/mol. The van der Waals surface area contributed by atoms with Crippen LogP contribution in [-0.2, 0) is 30.5 Å². The van der Waals surface area contributed by atoms with Gasteiger partial charge < -0.3 is 25.4 Å². The number of nitrogens with one attached hydrogen (secondary N) is 3. The van der Waals surface area contributed by atoms with Crippen molar-refractivity contribution in [2.45, 2.75) is 38.3 Å². The van der Waals surface area contributed by atoms with Crippen LogP contribution in [0.1, 0.15) is 31.2 Å². The first kappa shape index (κ1) is 22.2. The quantitative estimate of drug-likeness (QED) is 0.497. The molecular formula is C20H27N3O6. The molecule has 0 heterocycles. The molecule has 1 fully saturated rings. The van der Waals surface area contributed by atoms with Crippen molar-refractivity contribution in [2.24, 2.45) is 5.92 Å². The summed E-state index contributed by atoms with van der Waals surface area (Å²) in [6, 6.07) is 9.05. The minimum atomic E-state index is -0.590. The summed E-state index contributed by atoms with van der Waals surface area (Å²) < 4.78 is 9.58. The number of carbonyl (C=O) groups excluding carboxylic acids is 4. The minimum Gasteiger partial charge on any atom is -0.469 e. The molecule has 1 saturated carbocycles. The van der Waals surface area contributed by atoms with Crippen LogP contribution in [0.5, 0.6) is 0 Å². The smallest absolute Gasteiger partial charge is 0.407 e. The van der Waals surface area contributed by atoms with Crippen molar-refractivity contribution >= 4 is 23.9 Å². The van der Waals surface area contributed by atoms with E-state index >= 15 is 0 Å². The van der Waals surface area contributed by atoms with E-state index in [2.05, 4.69) is 20.7 Å². The molecular weight excluding hydrogens is 378 g/mol. The standard InChI is InChI=1S/C20H27N3O6/c1-28-18(25)10-12-21-19(26)15-7-8-16(15)23-17(24)9-11-22-20(27)29-13-14-5-3-2-4-6-14/h2-6,15-16H,7-13H2,1H3,(H,21,26)(H,22,27)(H,23,24)/t15-,16+/m1/s1. The monoisotopic (exact) mass is 405 g/mol. The molecule has 158 valence electrons. The van der Waals surface area contributed by atoms with Gasteiger partial charge in [0.15, 0.2) is 0 Å². The van der Waals surface area contributed by atoms with Crippen LogP contribution in [0.15, 0.2) is 30.3 Å². The van der Waals surface area contributed by atoms with Gasteiger partial charge in [-0.3, -0.25) is 14.4 Å². The number of amides is 3. The Bertz CT molecular complexity index is 709. The fraction of sp³-hybridized carbons (Fsp3) is 0.500. The van der Waals surface area contributed by atoms with E-state index in [0.717, 1.165) is 5.56 Å². The fourth-order valence-corrected chi connectivity index (χ4v) is 2.84. The number of ether oxygens (including phenoxy) is 2. The summed E-state index contributed by atoms with van der Waals surface area (Å²) in [6.07, 6.45) is 1.01. The molecule has 9 heteroatoms. The molecule has 3 N–H and O–H groups in total. The Balaban J connectivity index is 1.58. The summed E-state index contributed by atoms with van der Waals surface area (Å²) in [4.78, 5) is 46.8. The minimum absolute atomic E-state index is 0.0909. The number of esters is 1. The molecule has 2 atom stereocenters. The molecule has 1 aliphatic rings. The normalized spacial score (nSPS) is 17.4. The van der Waals surface area contributed by atoms with E-state index in [0.29, 0.717) is 12.8 Å². The zero-order valence-electron chi connectivity index (χ0n) is 16.4. The molecule has 0 saturated heterocycles. The average Bonchev–Trinajstić information content (AvgIpc) is 2.70. The van der Waals surface area contributed by atoms with Gasteiger partial charge in [0, 0.05) is 25.6 Å².